The van der Waals surface area contributed by atoms with E-state index in [-0.39, 0.29) is 47.3 Å². The van der Waals surface area contributed by atoms with Crippen LogP contribution < -0.4 is 15.0 Å². The normalized spacial score (nSPS) is 26.6. The SMILES string of the molecule is CCc1c(F)ccc2cc(O)cc(-c3ncc4c(N5C[C@@H]6OCCN[C@@H]6C5)nc(OC[C@@]56CCCN5C[C@H](F)C6)nc4c3F)c12. The molecule has 4 atom stereocenters. The monoisotopic (exact) mass is 620 g/mol. The van der Waals surface area contributed by atoms with Crippen LogP contribution in [0.15, 0.2) is 30.5 Å². The van der Waals surface area contributed by atoms with Gasteiger partial charge >= 0.3 is 6.01 Å². The fourth-order valence-electron chi connectivity index (χ4n) is 7.96. The number of halogens is 3. The molecule has 2 aromatic carbocycles. The number of alkyl halides is 1. The number of nitrogens with one attached hydrogen (secondary N) is 1. The summed E-state index contributed by atoms with van der Waals surface area (Å²) >= 11 is 0. The molecule has 4 fully saturated rings. The van der Waals surface area contributed by atoms with Gasteiger partial charge in [-0.25, -0.2) is 13.2 Å². The van der Waals surface area contributed by atoms with Crippen molar-refractivity contribution in [2.75, 3.05) is 50.8 Å². The second kappa shape index (κ2) is 11.0. The first-order valence-electron chi connectivity index (χ1n) is 15.8. The molecule has 0 radical (unpaired) electrons. The van der Waals surface area contributed by atoms with E-state index in [2.05, 4.69) is 20.2 Å². The van der Waals surface area contributed by atoms with Crippen LogP contribution in [0, 0.1) is 11.6 Å². The highest BCUT2D eigenvalue weighted by Crippen LogP contribution is 2.42. The average Bonchev–Trinajstić information content (AvgIpc) is 3.72. The Bertz CT molecular complexity index is 1800. The van der Waals surface area contributed by atoms with Crippen LogP contribution in [0.1, 0.15) is 31.7 Å². The number of fused-ring (bicyclic) bond motifs is 4. The molecule has 4 aromatic rings. The highest BCUT2D eigenvalue weighted by molar-refractivity contribution is 6.01. The van der Waals surface area contributed by atoms with Gasteiger partial charge in [0.15, 0.2) is 5.82 Å². The standard InChI is InChI=1S/C33H35F3N6O3/c1-2-21-24(35)5-4-18-10-20(43)11-22(27(18)21)29-28(36)30-23(13-38-29)31(41-15-25-26(16-41)44-9-7-37-25)40-32(39-30)45-17-33-6-3-8-42(33)14-19(34)12-33/h4-5,10-11,13,19,25-26,37,43H,2-3,6-9,12,14-17H2,1H3/t19-,25-,26+,33+/m1/s1. The highest BCUT2D eigenvalue weighted by atomic mass is 19.1. The van der Waals surface area contributed by atoms with Gasteiger partial charge in [0, 0.05) is 44.4 Å². The van der Waals surface area contributed by atoms with Crippen molar-refractivity contribution >= 4 is 27.5 Å². The van der Waals surface area contributed by atoms with Crippen LogP contribution in [0.25, 0.3) is 32.9 Å². The molecule has 2 aromatic heterocycles. The summed E-state index contributed by atoms with van der Waals surface area (Å²) in [6.07, 6.45) is 3.11. The Hall–Kier alpha value is -3.74. The van der Waals surface area contributed by atoms with Crippen molar-refractivity contribution in [3.8, 4) is 23.0 Å². The van der Waals surface area contributed by atoms with Gasteiger partial charge < -0.3 is 24.8 Å². The summed E-state index contributed by atoms with van der Waals surface area (Å²) in [5.41, 5.74) is 0.197. The quantitative estimate of drug-likeness (QED) is 0.323. The smallest absolute Gasteiger partial charge is 0.319 e. The number of phenolic OH excluding ortho intramolecular Hbond substituents is 1. The molecule has 4 aliphatic rings. The van der Waals surface area contributed by atoms with Gasteiger partial charge in [0.2, 0.25) is 0 Å². The van der Waals surface area contributed by atoms with Crippen molar-refractivity contribution in [2.45, 2.75) is 56.5 Å². The maximum absolute atomic E-state index is 16.8. The average molecular weight is 621 g/mol. The zero-order chi connectivity index (χ0) is 30.9. The second-order valence-corrected chi connectivity index (χ2v) is 12.7. The predicted molar refractivity (Wildman–Crippen MR) is 164 cm³/mol. The van der Waals surface area contributed by atoms with Crippen LogP contribution in [0.3, 0.4) is 0 Å². The molecule has 0 aliphatic carbocycles. The molecular formula is C33H35F3N6O3. The first kappa shape index (κ1) is 28.7. The number of hydrogen-bond acceptors (Lipinski definition) is 9. The van der Waals surface area contributed by atoms with Crippen LogP contribution in [-0.2, 0) is 11.2 Å². The number of hydrogen-bond donors (Lipinski definition) is 2. The number of phenols is 1. The Morgan fingerprint density at radius 1 is 1.18 bits per heavy atom. The summed E-state index contributed by atoms with van der Waals surface area (Å²) < 4.78 is 58.4. The first-order valence-corrected chi connectivity index (χ1v) is 15.8. The predicted octanol–water partition coefficient (Wildman–Crippen LogP) is 4.52. The summed E-state index contributed by atoms with van der Waals surface area (Å²) in [4.78, 5) is 18.1. The van der Waals surface area contributed by atoms with Crippen LogP contribution in [0.2, 0.25) is 0 Å². The number of rotatable bonds is 6. The molecule has 4 saturated heterocycles. The van der Waals surface area contributed by atoms with Gasteiger partial charge in [-0.15, -0.1) is 0 Å². The largest absolute Gasteiger partial charge is 0.508 e. The number of anilines is 1. The molecular weight excluding hydrogens is 585 g/mol. The summed E-state index contributed by atoms with van der Waals surface area (Å²) in [6.45, 7) is 5.73. The van der Waals surface area contributed by atoms with Gasteiger partial charge in [0.25, 0.3) is 0 Å². The summed E-state index contributed by atoms with van der Waals surface area (Å²) in [5.74, 6) is -0.748. The maximum atomic E-state index is 16.8. The van der Waals surface area contributed by atoms with Crippen LogP contribution >= 0.6 is 0 Å². The molecule has 0 amide bonds. The minimum absolute atomic E-state index is 0.00175. The fraction of sp³-hybridized carbons (Fsp3) is 0.485. The van der Waals surface area contributed by atoms with E-state index >= 15 is 4.39 Å². The number of aryl methyl sites for hydroxylation is 1. The molecule has 0 spiro atoms. The Kier molecular flexibility index (Phi) is 6.99. The lowest BCUT2D eigenvalue weighted by Gasteiger charge is -2.31. The van der Waals surface area contributed by atoms with Crippen molar-refractivity contribution in [2.24, 2.45) is 0 Å². The molecule has 0 unspecified atom stereocenters. The molecule has 8 rings (SSSR count). The lowest BCUT2D eigenvalue weighted by molar-refractivity contribution is 0.0212. The second-order valence-electron chi connectivity index (χ2n) is 12.7. The van der Waals surface area contributed by atoms with Crippen molar-refractivity contribution in [3.05, 3.63) is 47.7 Å². The number of pyridine rings is 1. The van der Waals surface area contributed by atoms with E-state index < -0.39 is 23.3 Å². The van der Waals surface area contributed by atoms with E-state index in [1.54, 1.807) is 6.07 Å². The number of aromatic nitrogens is 3. The Balaban J connectivity index is 1.26. The van der Waals surface area contributed by atoms with Gasteiger partial charge in [-0.3, -0.25) is 9.88 Å². The zero-order valence-corrected chi connectivity index (χ0v) is 25.0. The zero-order valence-electron chi connectivity index (χ0n) is 25.0. The molecule has 45 heavy (non-hydrogen) atoms. The minimum Gasteiger partial charge on any atom is -0.508 e. The Morgan fingerprint density at radius 2 is 2.07 bits per heavy atom. The lowest BCUT2D eigenvalue weighted by Crippen LogP contribution is -2.47. The van der Waals surface area contributed by atoms with Gasteiger partial charge in [0.05, 0.1) is 29.7 Å². The van der Waals surface area contributed by atoms with Crippen LogP contribution in [0.5, 0.6) is 11.8 Å². The summed E-state index contributed by atoms with van der Waals surface area (Å²) in [7, 11) is 0. The molecule has 0 saturated carbocycles. The number of aromatic hydroxyl groups is 1. The topological polar surface area (TPSA) is 95.9 Å². The van der Waals surface area contributed by atoms with Crippen molar-refractivity contribution in [3.63, 3.8) is 0 Å². The Labute approximate surface area is 258 Å². The van der Waals surface area contributed by atoms with Gasteiger partial charge in [-0.05, 0) is 60.3 Å². The third-order valence-electron chi connectivity index (χ3n) is 10.0. The van der Waals surface area contributed by atoms with Crippen molar-refractivity contribution < 1.29 is 27.8 Å². The summed E-state index contributed by atoms with van der Waals surface area (Å²) in [6, 6.07) is 5.96. The minimum atomic E-state index is -0.913. The first-order chi connectivity index (χ1) is 21.8. The number of morpholine rings is 1. The number of nitrogens with zero attached hydrogens (tertiary/aromatic N) is 5. The molecule has 9 nitrogen and oxygen atoms in total. The molecule has 4 aliphatic heterocycles. The third-order valence-corrected chi connectivity index (χ3v) is 10.0. The van der Waals surface area contributed by atoms with Crippen molar-refractivity contribution in [1.82, 2.24) is 25.2 Å². The number of ether oxygens (including phenoxy) is 2. The van der Waals surface area contributed by atoms with E-state index in [9.17, 15) is 13.9 Å². The van der Waals surface area contributed by atoms with E-state index in [1.165, 1.54) is 24.4 Å². The Morgan fingerprint density at radius 3 is 2.91 bits per heavy atom. The van der Waals surface area contributed by atoms with E-state index in [4.69, 9.17) is 14.5 Å². The number of benzene rings is 2. The van der Waals surface area contributed by atoms with Gasteiger partial charge in [0.1, 0.15) is 41.4 Å². The van der Waals surface area contributed by atoms with Gasteiger partial charge in [-0.2, -0.15) is 9.97 Å². The third kappa shape index (κ3) is 4.76. The van der Waals surface area contributed by atoms with Crippen molar-refractivity contribution in [1.29, 1.82) is 0 Å². The van der Waals surface area contributed by atoms with Crippen LogP contribution in [0.4, 0.5) is 19.0 Å². The molecule has 236 valence electrons. The fourth-order valence-corrected chi connectivity index (χ4v) is 7.96. The lowest BCUT2D eigenvalue weighted by atomic mass is 9.94. The molecule has 12 heteroatoms. The highest BCUT2D eigenvalue weighted by Gasteiger charge is 2.49. The molecule has 0 bridgehead atoms. The van der Waals surface area contributed by atoms with Crippen LogP contribution in [-0.4, -0.2) is 94.8 Å². The molecule has 6 heterocycles. The maximum Gasteiger partial charge on any atom is 0.319 e. The molecule has 2 N–H and O–H groups in total. The van der Waals surface area contributed by atoms with E-state index in [0.29, 0.717) is 66.6 Å². The summed E-state index contributed by atoms with van der Waals surface area (Å²) in [5, 5.41) is 15.5. The van der Waals surface area contributed by atoms with Gasteiger partial charge in [-0.1, -0.05) is 13.0 Å². The van der Waals surface area contributed by atoms with E-state index in [1.807, 2.05) is 11.8 Å². The van der Waals surface area contributed by atoms with E-state index in [0.717, 1.165) is 25.9 Å².